The fourth-order valence-corrected chi connectivity index (χ4v) is 11.9. The molecular weight excluding hydrogens is 256 g/mol. The fourth-order valence-electron chi connectivity index (χ4n) is 5.98. The molecule has 0 bridgehead atoms. The molecule has 3 fully saturated rings. The highest BCUT2D eigenvalue weighted by molar-refractivity contribution is 6.78. The lowest BCUT2D eigenvalue weighted by Crippen LogP contribution is -2.36. The highest BCUT2D eigenvalue weighted by atomic mass is 28.3. The Balaban J connectivity index is 1.59. The topological polar surface area (TPSA) is 0 Å². The van der Waals surface area contributed by atoms with E-state index in [0.717, 1.165) is 17.8 Å². The summed E-state index contributed by atoms with van der Waals surface area (Å²) in [5.41, 5.74) is 0. The van der Waals surface area contributed by atoms with Crippen molar-refractivity contribution in [2.24, 2.45) is 17.8 Å². The minimum absolute atomic E-state index is 0.944. The zero-order valence-electron chi connectivity index (χ0n) is 13.8. The van der Waals surface area contributed by atoms with Crippen LogP contribution in [-0.4, -0.2) is 8.07 Å². The summed E-state index contributed by atoms with van der Waals surface area (Å²) in [5.74, 6) is 3.44. The monoisotopic (exact) mass is 292 g/mol. The molecule has 3 aliphatic carbocycles. The number of hydrogen-bond donors (Lipinski definition) is 0. The summed E-state index contributed by atoms with van der Waals surface area (Å²) in [5, 5.41) is 0. The maximum atomic E-state index is 2.82. The third kappa shape index (κ3) is 4.12. The Hall–Kier alpha value is 0.217. The van der Waals surface area contributed by atoms with Crippen molar-refractivity contribution in [3.8, 4) is 0 Å². The van der Waals surface area contributed by atoms with E-state index in [9.17, 15) is 0 Å². The van der Waals surface area contributed by atoms with Gasteiger partial charge in [-0.3, -0.25) is 0 Å². The molecule has 0 spiro atoms. The van der Waals surface area contributed by atoms with Crippen molar-refractivity contribution >= 4 is 8.07 Å². The minimum atomic E-state index is -0.944. The number of rotatable bonds is 6. The van der Waals surface area contributed by atoms with Crippen molar-refractivity contribution in [3.63, 3.8) is 0 Å². The molecule has 0 aromatic carbocycles. The predicted octanol–water partition coefficient (Wildman–Crippen LogP) is 6.64. The highest BCUT2D eigenvalue weighted by Gasteiger charge is 2.37. The largest absolute Gasteiger partial charge is 0.0691 e. The van der Waals surface area contributed by atoms with Crippen LogP contribution in [0.15, 0.2) is 0 Å². The van der Waals surface area contributed by atoms with Gasteiger partial charge in [-0.15, -0.1) is 0 Å². The van der Waals surface area contributed by atoms with Gasteiger partial charge >= 0.3 is 0 Å². The molecule has 0 saturated heterocycles. The first kappa shape index (κ1) is 15.1. The molecule has 0 aromatic heterocycles. The van der Waals surface area contributed by atoms with Crippen molar-refractivity contribution in [2.45, 2.75) is 102 Å². The van der Waals surface area contributed by atoms with Crippen LogP contribution in [0.25, 0.3) is 0 Å². The first-order valence-corrected chi connectivity index (χ1v) is 12.9. The lowest BCUT2D eigenvalue weighted by molar-refractivity contribution is 0.544. The molecule has 20 heavy (non-hydrogen) atoms. The summed E-state index contributed by atoms with van der Waals surface area (Å²) < 4.78 is 0. The molecular formula is C19H36Si. The summed E-state index contributed by atoms with van der Waals surface area (Å²) in [6, 6.07) is 5.12. The first-order valence-electron chi connectivity index (χ1n) is 9.73. The highest BCUT2D eigenvalue weighted by Crippen LogP contribution is 2.43. The molecule has 0 aliphatic heterocycles. The van der Waals surface area contributed by atoms with Crippen LogP contribution >= 0.6 is 0 Å². The van der Waals surface area contributed by atoms with Crippen molar-refractivity contribution in [3.05, 3.63) is 0 Å². The molecule has 3 rings (SSSR count). The van der Waals surface area contributed by atoms with E-state index < -0.39 is 8.07 Å². The van der Waals surface area contributed by atoms with Crippen LogP contribution in [0.4, 0.5) is 0 Å². The van der Waals surface area contributed by atoms with Crippen molar-refractivity contribution in [1.82, 2.24) is 0 Å². The Kier molecular flexibility index (Phi) is 5.28. The predicted molar refractivity (Wildman–Crippen MR) is 91.9 cm³/mol. The normalized spacial score (nSPS) is 26.9. The van der Waals surface area contributed by atoms with Gasteiger partial charge in [0.2, 0.25) is 0 Å². The fraction of sp³-hybridized carbons (Fsp3) is 1.00. The maximum Gasteiger partial charge on any atom is 0.0512 e. The molecule has 3 aliphatic rings. The molecule has 0 amide bonds. The van der Waals surface area contributed by atoms with Crippen LogP contribution in [0.2, 0.25) is 24.7 Å². The quantitative estimate of drug-likeness (QED) is 0.482. The van der Waals surface area contributed by atoms with Crippen LogP contribution in [0.3, 0.4) is 0 Å². The zero-order valence-corrected chi connectivity index (χ0v) is 14.8. The van der Waals surface area contributed by atoms with Gasteiger partial charge in [-0.2, -0.15) is 0 Å². The van der Waals surface area contributed by atoms with Crippen LogP contribution < -0.4 is 0 Å². The van der Waals surface area contributed by atoms with E-state index in [0.29, 0.717) is 0 Å². The lowest BCUT2D eigenvalue weighted by Gasteiger charge is -2.35. The summed E-state index contributed by atoms with van der Waals surface area (Å²) in [6.07, 6.45) is 18.7. The zero-order chi connectivity index (χ0) is 13.8. The summed E-state index contributed by atoms with van der Waals surface area (Å²) >= 11 is 0. The van der Waals surface area contributed by atoms with E-state index in [-0.39, 0.29) is 0 Å². The molecule has 0 heterocycles. The third-order valence-corrected chi connectivity index (χ3v) is 11.5. The van der Waals surface area contributed by atoms with Gasteiger partial charge in [0.1, 0.15) is 0 Å². The van der Waals surface area contributed by atoms with Gasteiger partial charge in [0.25, 0.3) is 0 Å². The maximum absolute atomic E-state index is 2.82. The van der Waals surface area contributed by atoms with E-state index >= 15 is 0 Å². The van der Waals surface area contributed by atoms with Gasteiger partial charge in [-0.25, -0.2) is 0 Å². The molecule has 0 aromatic rings. The summed E-state index contributed by atoms with van der Waals surface area (Å²) in [6.45, 7) is 2.82. The lowest BCUT2D eigenvalue weighted by atomic mass is 10.1. The molecule has 0 atom stereocenters. The first-order chi connectivity index (χ1) is 9.73. The third-order valence-electron chi connectivity index (χ3n) is 6.77. The Labute approximate surface area is 128 Å². The second kappa shape index (κ2) is 6.98. The average Bonchev–Trinajstić information content (AvgIpc) is 3.11. The Bertz CT molecular complexity index is 235. The average molecular weight is 293 g/mol. The minimum Gasteiger partial charge on any atom is -0.0691 e. The molecule has 0 radical (unpaired) electrons. The van der Waals surface area contributed by atoms with Gasteiger partial charge in [0.15, 0.2) is 0 Å². The van der Waals surface area contributed by atoms with Crippen molar-refractivity contribution < 1.29 is 0 Å². The molecule has 0 unspecified atom stereocenters. The van der Waals surface area contributed by atoms with E-state index in [4.69, 9.17) is 0 Å². The van der Waals surface area contributed by atoms with E-state index in [1.54, 1.807) is 95.2 Å². The molecule has 3 saturated carbocycles. The second-order valence-corrected chi connectivity index (χ2v) is 13.7. The smallest absolute Gasteiger partial charge is 0.0512 e. The Morgan fingerprint density at radius 3 is 1.05 bits per heavy atom. The van der Waals surface area contributed by atoms with Crippen LogP contribution in [0.5, 0.6) is 0 Å². The number of hydrogen-bond acceptors (Lipinski definition) is 0. The van der Waals surface area contributed by atoms with Gasteiger partial charge in [-0.1, -0.05) is 102 Å². The standard InChI is InChI=1S/C19H36Si/c1-20(14-17-8-2-3-9-17,15-18-10-4-5-11-18)16-19-12-6-7-13-19/h17-19H,2-16H2,1H3. The van der Waals surface area contributed by atoms with E-state index in [1.165, 1.54) is 0 Å². The van der Waals surface area contributed by atoms with Gasteiger partial charge < -0.3 is 0 Å². The van der Waals surface area contributed by atoms with Crippen LogP contribution in [0.1, 0.15) is 77.0 Å². The Morgan fingerprint density at radius 1 is 0.550 bits per heavy atom. The van der Waals surface area contributed by atoms with E-state index in [2.05, 4.69) is 6.55 Å². The van der Waals surface area contributed by atoms with E-state index in [1.807, 2.05) is 0 Å². The van der Waals surface area contributed by atoms with Crippen molar-refractivity contribution in [2.75, 3.05) is 0 Å². The summed E-state index contributed by atoms with van der Waals surface area (Å²) in [7, 11) is -0.944. The van der Waals surface area contributed by atoms with Gasteiger partial charge in [0.05, 0.1) is 8.07 Å². The molecule has 1 heteroatoms. The van der Waals surface area contributed by atoms with Gasteiger partial charge in [0, 0.05) is 0 Å². The molecule has 116 valence electrons. The summed E-state index contributed by atoms with van der Waals surface area (Å²) in [4.78, 5) is 0. The van der Waals surface area contributed by atoms with Crippen molar-refractivity contribution in [1.29, 1.82) is 0 Å². The molecule has 0 N–H and O–H groups in total. The molecule has 0 nitrogen and oxygen atoms in total. The SMILES string of the molecule is C[Si](CC1CCCC1)(CC1CCCC1)CC1CCCC1. The second-order valence-electron chi connectivity index (χ2n) is 8.87. The van der Waals surface area contributed by atoms with Crippen LogP contribution in [-0.2, 0) is 0 Å². The van der Waals surface area contributed by atoms with Crippen LogP contribution in [0, 0.1) is 17.8 Å². The Morgan fingerprint density at radius 2 is 0.800 bits per heavy atom. The van der Waals surface area contributed by atoms with Gasteiger partial charge in [-0.05, 0) is 17.8 Å².